The Hall–Kier alpha value is -1.26. The molecule has 1 N–H and O–H groups in total. The van der Waals surface area contributed by atoms with Crippen LogP contribution >= 0.6 is 23.2 Å². The molecular formula is C15H14Cl2NO3-. The standard InChI is InChI=1S/C15H15Cl2NO3/c16-10-4-3-9(6-11(10)17)18-14(19)12-7-1-2-8(5-7)13(12)15(20)21/h3-4,6-8,12-13H,1-2,5H2,(H,18,19)(H,20,21)/p-1/t7-,8-,12-,13-/m0/s1. The van der Waals surface area contributed by atoms with Gasteiger partial charge in [0.15, 0.2) is 0 Å². The van der Waals surface area contributed by atoms with E-state index in [-0.39, 0.29) is 17.7 Å². The van der Waals surface area contributed by atoms with Gasteiger partial charge < -0.3 is 15.2 Å². The SMILES string of the molecule is O=C([O-])[C@H]1[C@H]2CC[C@@H](C2)[C@@H]1C(=O)Nc1ccc(Cl)c(Cl)c1. The first-order chi connectivity index (χ1) is 9.97. The second-order valence-electron chi connectivity index (χ2n) is 5.82. The number of amides is 1. The summed E-state index contributed by atoms with van der Waals surface area (Å²) in [5, 5.41) is 14.8. The molecule has 0 unspecified atom stereocenters. The van der Waals surface area contributed by atoms with Crippen LogP contribution in [0.15, 0.2) is 18.2 Å². The topological polar surface area (TPSA) is 69.2 Å². The molecule has 4 atom stereocenters. The fourth-order valence-corrected chi connectivity index (χ4v) is 4.11. The Bertz CT molecular complexity index is 605. The zero-order valence-corrected chi connectivity index (χ0v) is 12.7. The molecule has 0 heterocycles. The number of carbonyl (C=O) groups is 2. The van der Waals surface area contributed by atoms with E-state index in [1.54, 1.807) is 18.2 Å². The van der Waals surface area contributed by atoms with Gasteiger partial charge in [0.05, 0.1) is 10.0 Å². The summed E-state index contributed by atoms with van der Waals surface area (Å²) < 4.78 is 0. The van der Waals surface area contributed by atoms with E-state index in [1.165, 1.54) is 0 Å². The molecule has 6 heteroatoms. The lowest BCUT2D eigenvalue weighted by Crippen LogP contribution is -2.43. The van der Waals surface area contributed by atoms with Crippen LogP contribution in [0.3, 0.4) is 0 Å². The molecule has 4 nitrogen and oxygen atoms in total. The van der Waals surface area contributed by atoms with Crippen molar-refractivity contribution in [1.29, 1.82) is 0 Å². The molecule has 0 spiro atoms. The number of fused-ring (bicyclic) bond motifs is 2. The Kier molecular flexibility index (Phi) is 3.84. The maximum Gasteiger partial charge on any atom is 0.228 e. The molecule has 21 heavy (non-hydrogen) atoms. The van der Waals surface area contributed by atoms with Crippen molar-refractivity contribution in [2.45, 2.75) is 19.3 Å². The minimum Gasteiger partial charge on any atom is -0.550 e. The molecule has 3 rings (SSSR count). The third kappa shape index (κ3) is 2.62. The Labute approximate surface area is 132 Å². The molecule has 2 aliphatic carbocycles. The largest absolute Gasteiger partial charge is 0.550 e. The predicted octanol–water partition coefficient (Wildman–Crippen LogP) is 2.34. The van der Waals surface area contributed by atoms with Crippen LogP contribution in [0, 0.1) is 23.7 Å². The van der Waals surface area contributed by atoms with E-state index in [0.717, 1.165) is 19.3 Å². The lowest BCUT2D eigenvalue weighted by atomic mass is 9.78. The summed E-state index contributed by atoms with van der Waals surface area (Å²) in [4.78, 5) is 23.8. The summed E-state index contributed by atoms with van der Waals surface area (Å²) >= 11 is 11.7. The Morgan fingerprint density at radius 1 is 1.10 bits per heavy atom. The molecule has 0 aliphatic heterocycles. The number of carboxylic acids is 1. The zero-order valence-electron chi connectivity index (χ0n) is 11.1. The van der Waals surface area contributed by atoms with Gasteiger partial charge in [0.2, 0.25) is 5.91 Å². The highest BCUT2D eigenvalue weighted by Crippen LogP contribution is 2.52. The average molecular weight is 327 g/mol. The van der Waals surface area contributed by atoms with E-state index >= 15 is 0 Å². The van der Waals surface area contributed by atoms with Crippen LogP contribution < -0.4 is 10.4 Å². The van der Waals surface area contributed by atoms with Gasteiger partial charge in [0.1, 0.15) is 0 Å². The van der Waals surface area contributed by atoms with Crippen molar-refractivity contribution in [1.82, 2.24) is 0 Å². The van der Waals surface area contributed by atoms with Gasteiger partial charge in [-0.15, -0.1) is 0 Å². The monoisotopic (exact) mass is 326 g/mol. The predicted molar refractivity (Wildman–Crippen MR) is 77.9 cm³/mol. The fourth-order valence-electron chi connectivity index (χ4n) is 3.81. The number of aliphatic carboxylic acids is 1. The number of hydrogen-bond acceptors (Lipinski definition) is 3. The van der Waals surface area contributed by atoms with Gasteiger partial charge in [0.25, 0.3) is 0 Å². The molecule has 0 radical (unpaired) electrons. The van der Waals surface area contributed by atoms with Crippen molar-refractivity contribution in [2.24, 2.45) is 23.7 Å². The van der Waals surface area contributed by atoms with Crippen LogP contribution in [0.2, 0.25) is 10.0 Å². The number of carboxylic acid groups (broad SMARTS) is 1. The molecule has 112 valence electrons. The van der Waals surface area contributed by atoms with Gasteiger partial charge in [-0.2, -0.15) is 0 Å². The van der Waals surface area contributed by atoms with E-state index in [4.69, 9.17) is 23.2 Å². The molecule has 0 saturated heterocycles. The van der Waals surface area contributed by atoms with Crippen LogP contribution in [0.4, 0.5) is 5.69 Å². The summed E-state index contributed by atoms with van der Waals surface area (Å²) in [6, 6.07) is 4.80. The van der Waals surface area contributed by atoms with Crippen LogP contribution in [0.5, 0.6) is 0 Å². The second-order valence-corrected chi connectivity index (χ2v) is 6.64. The smallest absolute Gasteiger partial charge is 0.228 e. The highest BCUT2D eigenvalue weighted by molar-refractivity contribution is 6.42. The molecule has 2 bridgehead atoms. The van der Waals surface area contributed by atoms with Crippen molar-refractivity contribution in [2.75, 3.05) is 5.32 Å². The number of halogens is 2. The van der Waals surface area contributed by atoms with Gasteiger partial charge >= 0.3 is 0 Å². The summed E-state index contributed by atoms with van der Waals surface area (Å²) in [7, 11) is 0. The number of rotatable bonds is 3. The maximum absolute atomic E-state index is 12.4. The van der Waals surface area contributed by atoms with E-state index in [2.05, 4.69) is 5.32 Å². The van der Waals surface area contributed by atoms with Crippen LogP contribution in [-0.4, -0.2) is 11.9 Å². The van der Waals surface area contributed by atoms with Crippen molar-refractivity contribution < 1.29 is 14.7 Å². The van der Waals surface area contributed by atoms with Crippen molar-refractivity contribution in [3.05, 3.63) is 28.2 Å². The zero-order chi connectivity index (χ0) is 15.1. The fraction of sp³-hybridized carbons (Fsp3) is 0.467. The lowest BCUT2D eigenvalue weighted by molar-refractivity contribution is -0.314. The quantitative estimate of drug-likeness (QED) is 0.926. The Morgan fingerprint density at radius 2 is 1.76 bits per heavy atom. The maximum atomic E-state index is 12.4. The van der Waals surface area contributed by atoms with E-state index < -0.39 is 17.8 Å². The first kappa shape index (κ1) is 14.7. The third-order valence-corrected chi connectivity index (χ3v) is 5.42. The molecule has 2 saturated carbocycles. The van der Waals surface area contributed by atoms with Crippen LogP contribution in [0.1, 0.15) is 19.3 Å². The van der Waals surface area contributed by atoms with Gasteiger partial charge in [-0.05, 0) is 49.3 Å². The first-order valence-electron chi connectivity index (χ1n) is 6.94. The van der Waals surface area contributed by atoms with Crippen LogP contribution in [0.25, 0.3) is 0 Å². The number of hydrogen-bond donors (Lipinski definition) is 1. The van der Waals surface area contributed by atoms with Crippen molar-refractivity contribution in [3.8, 4) is 0 Å². The molecule has 1 amide bonds. The lowest BCUT2D eigenvalue weighted by Gasteiger charge is -2.30. The summed E-state index contributed by atoms with van der Waals surface area (Å²) in [6.07, 6.45) is 2.59. The van der Waals surface area contributed by atoms with Gasteiger partial charge in [-0.25, -0.2) is 0 Å². The number of benzene rings is 1. The third-order valence-electron chi connectivity index (χ3n) is 4.68. The van der Waals surface area contributed by atoms with E-state index in [1.807, 2.05) is 0 Å². The molecule has 2 fully saturated rings. The Morgan fingerprint density at radius 3 is 2.38 bits per heavy atom. The van der Waals surface area contributed by atoms with Gasteiger partial charge in [-0.3, -0.25) is 4.79 Å². The number of nitrogens with one attached hydrogen (secondary N) is 1. The summed E-state index contributed by atoms with van der Waals surface area (Å²) in [6.45, 7) is 0. The van der Waals surface area contributed by atoms with Gasteiger partial charge in [0, 0.05) is 23.5 Å². The van der Waals surface area contributed by atoms with E-state index in [0.29, 0.717) is 15.7 Å². The average Bonchev–Trinajstić information content (AvgIpc) is 3.03. The summed E-state index contributed by atoms with van der Waals surface area (Å²) in [5.41, 5.74) is 0.522. The molecule has 1 aromatic carbocycles. The molecule has 1 aromatic rings. The van der Waals surface area contributed by atoms with Crippen molar-refractivity contribution >= 4 is 40.8 Å². The van der Waals surface area contributed by atoms with Crippen LogP contribution in [-0.2, 0) is 9.59 Å². The highest BCUT2D eigenvalue weighted by atomic mass is 35.5. The Balaban J connectivity index is 1.78. The second kappa shape index (κ2) is 5.50. The minimum atomic E-state index is -1.11. The summed E-state index contributed by atoms with van der Waals surface area (Å²) in [5.74, 6) is -2.36. The normalized spacial score (nSPS) is 30.4. The molecule has 2 aliphatic rings. The number of anilines is 1. The molecule has 0 aromatic heterocycles. The highest BCUT2D eigenvalue weighted by Gasteiger charge is 2.51. The molecular weight excluding hydrogens is 313 g/mol. The number of carbonyl (C=O) groups excluding carboxylic acids is 2. The minimum absolute atomic E-state index is 0.0737. The first-order valence-corrected chi connectivity index (χ1v) is 7.69. The van der Waals surface area contributed by atoms with E-state index in [9.17, 15) is 14.7 Å². The van der Waals surface area contributed by atoms with Gasteiger partial charge in [-0.1, -0.05) is 23.2 Å². The van der Waals surface area contributed by atoms with Crippen molar-refractivity contribution in [3.63, 3.8) is 0 Å².